The van der Waals surface area contributed by atoms with Gasteiger partial charge in [-0.05, 0) is 37.6 Å². The molecule has 0 saturated carbocycles. The number of nitro groups is 1. The summed E-state index contributed by atoms with van der Waals surface area (Å²) in [4.78, 5) is 35.1. The molecule has 0 aliphatic carbocycles. The van der Waals surface area contributed by atoms with Gasteiger partial charge < -0.3 is 5.32 Å². The molecule has 0 aliphatic rings. The Morgan fingerprint density at radius 3 is 2.39 bits per heavy atom. The highest BCUT2D eigenvalue weighted by atomic mass is 16.6. The van der Waals surface area contributed by atoms with Crippen molar-refractivity contribution >= 4 is 29.0 Å². The van der Waals surface area contributed by atoms with E-state index < -0.39 is 16.5 Å². The van der Waals surface area contributed by atoms with Gasteiger partial charge >= 0.3 is 5.69 Å². The zero-order valence-corrected chi connectivity index (χ0v) is 15.1. The molecule has 10 nitrogen and oxygen atoms in total. The van der Waals surface area contributed by atoms with Crippen molar-refractivity contribution in [2.45, 2.75) is 13.8 Å². The van der Waals surface area contributed by atoms with Gasteiger partial charge in [-0.2, -0.15) is 0 Å². The standard InChI is InChI=1S/C18H17N7O3/c1-11-5-7-13(8-6-11)18(26)24-23-17-14(25(27)28)16(20-10-21-17)22-15-12(2)4-3-9-19-15/h3-10H,1-2H3,(H,24,26)(H2,19,20,21,22,23). The first kappa shape index (κ1) is 18.7. The predicted molar refractivity (Wildman–Crippen MR) is 103 cm³/mol. The zero-order valence-electron chi connectivity index (χ0n) is 15.1. The third-order valence-corrected chi connectivity index (χ3v) is 3.86. The lowest BCUT2D eigenvalue weighted by Gasteiger charge is -2.11. The first-order chi connectivity index (χ1) is 13.5. The molecular formula is C18H17N7O3. The van der Waals surface area contributed by atoms with Crippen molar-refractivity contribution in [1.82, 2.24) is 20.4 Å². The Morgan fingerprint density at radius 2 is 1.71 bits per heavy atom. The molecule has 0 aliphatic heterocycles. The summed E-state index contributed by atoms with van der Waals surface area (Å²) in [6, 6.07) is 10.4. The van der Waals surface area contributed by atoms with Crippen LogP contribution in [0, 0.1) is 24.0 Å². The number of carbonyl (C=O) groups is 1. The van der Waals surface area contributed by atoms with Crippen LogP contribution in [0.2, 0.25) is 0 Å². The van der Waals surface area contributed by atoms with E-state index >= 15 is 0 Å². The number of amides is 1. The maximum Gasteiger partial charge on any atom is 0.355 e. The fourth-order valence-electron chi connectivity index (χ4n) is 2.36. The monoisotopic (exact) mass is 379 g/mol. The lowest BCUT2D eigenvalue weighted by Crippen LogP contribution is -2.30. The first-order valence-corrected chi connectivity index (χ1v) is 8.27. The minimum atomic E-state index is -0.638. The van der Waals surface area contributed by atoms with Crippen molar-refractivity contribution in [3.8, 4) is 0 Å². The van der Waals surface area contributed by atoms with Crippen molar-refractivity contribution in [3.05, 3.63) is 75.7 Å². The predicted octanol–water partition coefficient (Wildman–Crippen LogP) is 2.90. The normalized spacial score (nSPS) is 10.2. The summed E-state index contributed by atoms with van der Waals surface area (Å²) in [5.74, 6) is -0.229. The number of nitrogens with zero attached hydrogens (tertiary/aromatic N) is 4. The van der Waals surface area contributed by atoms with Crippen LogP contribution >= 0.6 is 0 Å². The number of hydrazine groups is 1. The Balaban J connectivity index is 1.83. The number of benzene rings is 1. The fourth-order valence-corrected chi connectivity index (χ4v) is 2.36. The number of carbonyl (C=O) groups excluding carboxylic acids is 1. The minimum Gasteiger partial charge on any atom is -0.319 e. The van der Waals surface area contributed by atoms with E-state index in [9.17, 15) is 14.9 Å². The van der Waals surface area contributed by atoms with Gasteiger partial charge in [-0.1, -0.05) is 23.8 Å². The molecule has 3 N–H and O–H groups in total. The lowest BCUT2D eigenvalue weighted by molar-refractivity contribution is -0.383. The van der Waals surface area contributed by atoms with E-state index in [1.54, 1.807) is 36.5 Å². The Kier molecular flexibility index (Phi) is 5.40. The molecule has 0 atom stereocenters. The molecule has 2 heterocycles. The van der Waals surface area contributed by atoms with E-state index in [0.717, 1.165) is 17.5 Å². The van der Waals surface area contributed by atoms with Crippen LogP contribution in [0.3, 0.4) is 0 Å². The van der Waals surface area contributed by atoms with Gasteiger partial charge in [0.25, 0.3) is 5.91 Å². The molecule has 1 aromatic carbocycles. The molecule has 0 spiro atoms. The molecule has 0 bridgehead atoms. The summed E-state index contributed by atoms with van der Waals surface area (Å²) in [6.07, 6.45) is 2.71. The van der Waals surface area contributed by atoms with Gasteiger partial charge in [0, 0.05) is 11.8 Å². The third kappa shape index (κ3) is 4.18. The molecular weight excluding hydrogens is 362 g/mol. The third-order valence-electron chi connectivity index (χ3n) is 3.86. The highest BCUT2D eigenvalue weighted by molar-refractivity contribution is 5.95. The van der Waals surface area contributed by atoms with Gasteiger partial charge in [-0.3, -0.25) is 25.8 Å². The topological polar surface area (TPSA) is 135 Å². The number of aromatic nitrogens is 3. The highest BCUT2D eigenvalue weighted by Crippen LogP contribution is 2.30. The summed E-state index contributed by atoms with van der Waals surface area (Å²) in [5, 5.41) is 14.4. The van der Waals surface area contributed by atoms with Crippen LogP contribution in [-0.2, 0) is 0 Å². The second kappa shape index (κ2) is 8.08. The van der Waals surface area contributed by atoms with Gasteiger partial charge in [0.1, 0.15) is 12.1 Å². The van der Waals surface area contributed by atoms with Crippen LogP contribution in [0.25, 0.3) is 0 Å². The van der Waals surface area contributed by atoms with Gasteiger partial charge in [-0.15, -0.1) is 0 Å². The van der Waals surface area contributed by atoms with Crippen LogP contribution in [0.15, 0.2) is 48.9 Å². The SMILES string of the molecule is Cc1ccc(C(=O)NNc2ncnc(Nc3ncccc3C)c2[N+](=O)[O-])cc1. The average molecular weight is 379 g/mol. The van der Waals surface area contributed by atoms with E-state index in [-0.39, 0.29) is 11.6 Å². The number of hydrogen-bond acceptors (Lipinski definition) is 8. The van der Waals surface area contributed by atoms with Crippen molar-refractivity contribution in [2.75, 3.05) is 10.7 Å². The maximum absolute atomic E-state index is 12.2. The average Bonchev–Trinajstić information content (AvgIpc) is 2.68. The number of hydrogen-bond donors (Lipinski definition) is 3. The molecule has 3 rings (SSSR count). The molecule has 0 unspecified atom stereocenters. The van der Waals surface area contributed by atoms with Crippen LogP contribution < -0.4 is 16.2 Å². The zero-order chi connectivity index (χ0) is 20.1. The molecule has 142 valence electrons. The molecule has 28 heavy (non-hydrogen) atoms. The summed E-state index contributed by atoms with van der Waals surface area (Å²) in [5.41, 5.74) is 6.68. The Labute approximate surface area is 160 Å². The van der Waals surface area contributed by atoms with Crippen molar-refractivity contribution in [3.63, 3.8) is 0 Å². The molecule has 0 radical (unpaired) electrons. The number of nitrogens with one attached hydrogen (secondary N) is 3. The number of rotatable bonds is 6. The molecule has 0 fully saturated rings. The second-order valence-corrected chi connectivity index (χ2v) is 5.92. The largest absolute Gasteiger partial charge is 0.355 e. The Hall–Kier alpha value is -4.08. The van der Waals surface area contributed by atoms with Crippen molar-refractivity contribution < 1.29 is 9.72 Å². The number of aryl methyl sites for hydroxylation is 2. The molecule has 1 amide bonds. The molecule has 10 heteroatoms. The number of pyridine rings is 1. The molecule has 2 aromatic heterocycles. The Bertz CT molecular complexity index is 1020. The van der Waals surface area contributed by atoms with E-state index in [0.29, 0.717) is 11.4 Å². The van der Waals surface area contributed by atoms with Gasteiger partial charge in [0.2, 0.25) is 11.6 Å². The summed E-state index contributed by atoms with van der Waals surface area (Å²) in [6.45, 7) is 3.71. The minimum absolute atomic E-state index is 0.0473. The van der Waals surface area contributed by atoms with E-state index in [1.807, 2.05) is 19.9 Å². The van der Waals surface area contributed by atoms with Crippen LogP contribution in [0.4, 0.5) is 23.1 Å². The van der Waals surface area contributed by atoms with Gasteiger partial charge in [0.15, 0.2) is 0 Å². The maximum atomic E-state index is 12.2. The summed E-state index contributed by atoms with van der Waals surface area (Å²) in [7, 11) is 0. The van der Waals surface area contributed by atoms with Crippen LogP contribution in [0.1, 0.15) is 21.5 Å². The van der Waals surface area contributed by atoms with Crippen molar-refractivity contribution in [1.29, 1.82) is 0 Å². The Morgan fingerprint density at radius 1 is 1.00 bits per heavy atom. The van der Waals surface area contributed by atoms with E-state index in [4.69, 9.17) is 0 Å². The molecule has 0 saturated heterocycles. The number of anilines is 3. The van der Waals surface area contributed by atoms with Crippen molar-refractivity contribution in [2.24, 2.45) is 0 Å². The quantitative estimate of drug-likeness (QED) is 0.439. The smallest absolute Gasteiger partial charge is 0.319 e. The van der Waals surface area contributed by atoms with E-state index in [2.05, 4.69) is 31.1 Å². The summed E-state index contributed by atoms with van der Waals surface area (Å²) < 4.78 is 0. The first-order valence-electron chi connectivity index (χ1n) is 8.27. The van der Waals surface area contributed by atoms with Gasteiger partial charge in [-0.25, -0.2) is 15.0 Å². The van der Waals surface area contributed by atoms with Crippen LogP contribution in [0.5, 0.6) is 0 Å². The van der Waals surface area contributed by atoms with Gasteiger partial charge in [0.05, 0.1) is 4.92 Å². The highest BCUT2D eigenvalue weighted by Gasteiger charge is 2.24. The summed E-state index contributed by atoms with van der Waals surface area (Å²) >= 11 is 0. The second-order valence-electron chi connectivity index (χ2n) is 5.92. The van der Waals surface area contributed by atoms with Crippen LogP contribution in [-0.4, -0.2) is 25.8 Å². The van der Waals surface area contributed by atoms with E-state index in [1.165, 1.54) is 0 Å². The fraction of sp³-hybridized carbons (Fsp3) is 0.111. The molecule has 3 aromatic rings. The lowest BCUT2D eigenvalue weighted by atomic mass is 10.1.